The lowest BCUT2D eigenvalue weighted by Gasteiger charge is -2.10. The Morgan fingerprint density at radius 1 is 1.50 bits per heavy atom. The highest BCUT2D eigenvalue weighted by molar-refractivity contribution is 5.99. The van der Waals surface area contributed by atoms with E-state index in [-0.39, 0.29) is 5.84 Å². The van der Waals surface area contributed by atoms with Crippen molar-refractivity contribution in [2.24, 2.45) is 10.9 Å². The summed E-state index contributed by atoms with van der Waals surface area (Å²) < 4.78 is 5.17. The Bertz CT molecular complexity index is 405. The van der Waals surface area contributed by atoms with Crippen LogP contribution in [0.3, 0.4) is 0 Å². The molecule has 0 aliphatic rings. The van der Waals surface area contributed by atoms with Crippen molar-refractivity contribution in [1.29, 1.82) is 0 Å². The molecule has 0 aromatic heterocycles. The molecular formula is C13H21N3O2. The van der Waals surface area contributed by atoms with Crippen molar-refractivity contribution >= 4 is 5.84 Å². The summed E-state index contributed by atoms with van der Waals surface area (Å²) in [5.74, 6) is 0.657. The van der Waals surface area contributed by atoms with Crippen molar-refractivity contribution in [2.45, 2.75) is 26.3 Å². The highest BCUT2D eigenvalue weighted by Crippen LogP contribution is 2.19. The monoisotopic (exact) mass is 251 g/mol. The third-order valence-corrected chi connectivity index (χ3v) is 2.68. The second-order valence-electron chi connectivity index (χ2n) is 4.05. The number of ether oxygens (including phenoxy) is 1. The van der Waals surface area contributed by atoms with Crippen LogP contribution in [-0.2, 0) is 6.54 Å². The number of nitrogens with one attached hydrogen (secondary N) is 1. The van der Waals surface area contributed by atoms with Gasteiger partial charge in [-0.05, 0) is 30.7 Å². The third-order valence-electron chi connectivity index (χ3n) is 2.68. The summed E-state index contributed by atoms with van der Waals surface area (Å²) in [6.45, 7) is 3.91. The summed E-state index contributed by atoms with van der Waals surface area (Å²) in [7, 11) is 1.56. The molecule has 0 aliphatic heterocycles. The van der Waals surface area contributed by atoms with Crippen molar-refractivity contribution in [3.63, 3.8) is 0 Å². The van der Waals surface area contributed by atoms with Crippen LogP contribution in [0.2, 0.25) is 0 Å². The second-order valence-corrected chi connectivity index (χ2v) is 4.05. The molecule has 0 bridgehead atoms. The van der Waals surface area contributed by atoms with Crippen LogP contribution in [0.4, 0.5) is 0 Å². The van der Waals surface area contributed by atoms with Crippen molar-refractivity contribution < 1.29 is 9.94 Å². The predicted octanol–water partition coefficient (Wildman–Crippen LogP) is 1.68. The lowest BCUT2D eigenvalue weighted by molar-refractivity contribution is 0.318. The quantitative estimate of drug-likeness (QED) is 0.226. The Hall–Kier alpha value is -1.75. The second kappa shape index (κ2) is 7.55. The molecule has 0 saturated heterocycles. The molecule has 0 fully saturated rings. The molecule has 100 valence electrons. The molecule has 0 radical (unpaired) electrons. The van der Waals surface area contributed by atoms with E-state index < -0.39 is 0 Å². The van der Waals surface area contributed by atoms with Crippen LogP contribution in [0, 0.1) is 0 Å². The number of nitrogens with zero attached hydrogens (tertiary/aromatic N) is 1. The summed E-state index contributed by atoms with van der Waals surface area (Å²) in [6.07, 6.45) is 2.33. The summed E-state index contributed by atoms with van der Waals surface area (Å²) >= 11 is 0. The molecule has 0 saturated carbocycles. The Kier molecular flexibility index (Phi) is 6.00. The number of oxime groups is 1. The van der Waals surface area contributed by atoms with Gasteiger partial charge < -0.3 is 21.0 Å². The van der Waals surface area contributed by atoms with Gasteiger partial charge in [0.05, 0.1) is 12.7 Å². The molecule has 4 N–H and O–H groups in total. The average Bonchev–Trinajstić information content (AvgIpc) is 2.42. The minimum Gasteiger partial charge on any atom is -0.496 e. The lowest BCUT2D eigenvalue weighted by Crippen LogP contribution is -2.17. The van der Waals surface area contributed by atoms with Crippen LogP contribution in [0.5, 0.6) is 5.75 Å². The molecule has 0 atom stereocenters. The van der Waals surface area contributed by atoms with Gasteiger partial charge in [-0.3, -0.25) is 0 Å². The van der Waals surface area contributed by atoms with E-state index in [1.165, 1.54) is 6.42 Å². The Morgan fingerprint density at radius 2 is 2.28 bits per heavy atom. The van der Waals surface area contributed by atoms with E-state index in [1.807, 2.05) is 18.2 Å². The predicted molar refractivity (Wildman–Crippen MR) is 72.1 cm³/mol. The smallest absolute Gasteiger partial charge is 0.173 e. The molecule has 0 spiro atoms. The van der Waals surface area contributed by atoms with Gasteiger partial charge in [-0.1, -0.05) is 24.6 Å². The third kappa shape index (κ3) is 3.92. The minimum absolute atomic E-state index is 0.0576. The van der Waals surface area contributed by atoms with Gasteiger partial charge in [0.2, 0.25) is 0 Å². The van der Waals surface area contributed by atoms with Crippen molar-refractivity contribution in [3.05, 3.63) is 29.3 Å². The van der Waals surface area contributed by atoms with Gasteiger partial charge in [0.15, 0.2) is 5.84 Å². The Morgan fingerprint density at radius 3 is 2.89 bits per heavy atom. The maximum atomic E-state index is 8.74. The number of hydrogen-bond donors (Lipinski definition) is 3. The van der Waals surface area contributed by atoms with Gasteiger partial charge in [-0.15, -0.1) is 0 Å². The number of amidine groups is 1. The summed E-state index contributed by atoms with van der Waals surface area (Å²) in [4.78, 5) is 0. The van der Waals surface area contributed by atoms with Gasteiger partial charge in [-0.25, -0.2) is 0 Å². The molecule has 1 aromatic carbocycles. The van der Waals surface area contributed by atoms with Crippen LogP contribution in [0.25, 0.3) is 0 Å². The van der Waals surface area contributed by atoms with Gasteiger partial charge in [0.25, 0.3) is 0 Å². The van der Waals surface area contributed by atoms with Gasteiger partial charge in [0.1, 0.15) is 5.75 Å². The fourth-order valence-corrected chi connectivity index (χ4v) is 1.65. The molecule has 0 unspecified atom stereocenters. The van der Waals surface area contributed by atoms with E-state index in [4.69, 9.17) is 15.7 Å². The number of hydrogen-bond acceptors (Lipinski definition) is 4. The van der Waals surface area contributed by atoms with Crippen LogP contribution >= 0.6 is 0 Å². The SMILES string of the molecule is CCCCNCc1ccc(OC)c(C(N)=NO)c1. The molecule has 1 aromatic rings. The topological polar surface area (TPSA) is 79.9 Å². The number of rotatable bonds is 7. The van der Waals surface area contributed by atoms with Crippen LogP contribution in [0.15, 0.2) is 23.4 Å². The van der Waals surface area contributed by atoms with Crippen molar-refractivity contribution in [3.8, 4) is 5.75 Å². The number of benzene rings is 1. The fraction of sp³-hybridized carbons (Fsp3) is 0.462. The van der Waals surface area contributed by atoms with E-state index in [1.54, 1.807) is 7.11 Å². The standard InChI is InChI=1S/C13H21N3O2/c1-3-4-7-15-9-10-5-6-12(18-2)11(8-10)13(14)16-17/h5-6,8,15,17H,3-4,7,9H2,1-2H3,(H2,14,16). The highest BCUT2D eigenvalue weighted by Gasteiger charge is 2.08. The van der Waals surface area contributed by atoms with Crippen LogP contribution < -0.4 is 15.8 Å². The van der Waals surface area contributed by atoms with E-state index in [9.17, 15) is 0 Å². The number of unbranched alkanes of at least 4 members (excludes halogenated alkanes) is 1. The summed E-state index contributed by atoms with van der Waals surface area (Å²) in [6, 6.07) is 5.66. The van der Waals surface area contributed by atoms with E-state index in [2.05, 4.69) is 17.4 Å². The van der Waals surface area contributed by atoms with Crippen molar-refractivity contribution in [2.75, 3.05) is 13.7 Å². The van der Waals surface area contributed by atoms with E-state index >= 15 is 0 Å². The number of nitrogens with two attached hydrogens (primary N) is 1. The molecule has 18 heavy (non-hydrogen) atoms. The Labute approximate surface area is 108 Å². The first kappa shape index (κ1) is 14.3. The fourth-order valence-electron chi connectivity index (χ4n) is 1.65. The molecule has 0 aliphatic carbocycles. The van der Waals surface area contributed by atoms with Crippen LogP contribution in [-0.4, -0.2) is 24.7 Å². The molecular weight excluding hydrogens is 230 g/mol. The molecule has 0 amide bonds. The molecule has 0 heterocycles. The Balaban J connectivity index is 2.76. The molecule has 5 nitrogen and oxygen atoms in total. The van der Waals surface area contributed by atoms with Gasteiger partial charge >= 0.3 is 0 Å². The van der Waals surface area contributed by atoms with Gasteiger partial charge in [0, 0.05) is 6.54 Å². The van der Waals surface area contributed by atoms with E-state index in [0.29, 0.717) is 11.3 Å². The lowest BCUT2D eigenvalue weighted by atomic mass is 10.1. The first-order valence-electron chi connectivity index (χ1n) is 6.08. The van der Waals surface area contributed by atoms with Gasteiger partial charge in [-0.2, -0.15) is 0 Å². The molecule has 1 rings (SSSR count). The maximum Gasteiger partial charge on any atom is 0.173 e. The summed E-state index contributed by atoms with van der Waals surface area (Å²) in [5.41, 5.74) is 7.30. The highest BCUT2D eigenvalue weighted by atomic mass is 16.5. The van der Waals surface area contributed by atoms with E-state index in [0.717, 1.165) is 25.1 Å². The zero-order valence-electron chi connectivity index (χ0n) is 10.9. The zero-order valence-corrected chi connectivity index (χ0v) is 10.9. The zero-order chi connectivity index (χ0) is 13.4. The number of methoxy groups -OCH3 is 1. The normalized spacial score (nSPS) is 11.6. The first-order chi connectivity index (χ1) is 8.72. The van der Waals surface area contributed by atoms with Crippen LogP contribution in [0.1, 0.15) is 30.9 Å². The van der Waals surface area contributed by atoms with Crippen molar-refractivity contribution in [1.82, 2.24) is 5.32 Å². The minimum atomic E-state index is 0.0576. The largest absolute Gasteiger partial charge is 0.496 e. The summed E-state index contributed by atoms with van der Waals surface area (Å²) in [5, 5.41) is 15.1. The first-order valence-corrected chi connectivity index (χ1v) is 6.08. The average molecular weight is 251 g/mol. The molecule has 5 heteroatoms. The maximum absolute atomic E-state index is 8.74.